The zero-order valence-electron chi connectivity index (χ0n) is 5.99. The monoisotopic (exact) mass is 171 g/mol. The molecule has 1 atom stereocenters. The zero-order chi connectivity index (χ0) is 7.52. The molecule has 2 rings (SSSR count). The summed E-state index contributed by atoms with van der Waals surface area (Å²) >= 11 is 1.18. The van der Waals surface area contributed by atoms with Crippen LogP contribution in [0.4, 0.5) is 0 Å². The standard InChI is InChI=1S/C6H9N3OS/c1-2-7-3-5(1)10-6-4-8-11-9-6/h4-5,7H,1-3H2. The van der Waals surface area contributed by atoms with Gasteiger partial charge in [0.25, 0.3) is 0 Å². The van der Waals surface area contributed by atoms with Gasteiger partial charge in [-0.05, 0) is 13.0 Å². The van der Waals surface area contributed by atoms with Crippen molar-refractivity contribution in [3.8, 4) is 5.88 Å². The first-order valence-electron chi connectivity index (χ1n) is 3.60. The largest absolute Gasteiger partial charge is 0.471 e. The van der Waals surface area contributed by atoms with Crippen LogP contribution in [0.1, 0.15) is 6.42 Å². The van der Waals surface area contributed by atoms with E-state index in [1.165, 1.54) is 11.7 Å². The Balaban J connectivity index is 1.90. The Morgan fingerprint density at radius 3 is 3.36 bits per heavy atom. The van der Waals surface area contributed by atoms with Crippen LogP contribution in [0.3, 0.4) is 0 Å². The van der Waals surface area contributed by atoms with E-state index < -0.39 is 0 Å². The Hall–Kier alpha value is -0.680. The Morgan fingerprint density at radius 1 is 1.73 bits per heavy atom. The number of hydrogen-bond donors (Lipinski definition) is 1. The van der Waals surface area contributed by atoms with Gasteiger partial charge in [0.1, 0.15) is 12.3 Å². The molecule has 1 fully saturated rings. The van der Waals surface area contributed by atoms with Crippen molar-refractivity contribution in [1.82, 2.24) is 14.1 Å². The first-order valence-corrected chi connectivity index (χ1v) is 4.33. The number of rotatable bonds is 2. The van der Waals surface area contributed by atoms with Crippen LogP contribution in [-0.2, 0) is 0 Å². The average Bonchev–Trinajstić information content (AvgIpc) is 2.60. The topological polar surface area (TPSA) is 47.0 Å². The molecular formula is C6H9N3OS. The van der Waals surface area contributed by atoms with Crippen LogP contribution in [0, 0.1) is 0 Å². The maximum atomic E-state index is 5.49. The molecule has 4 nitrogen and oxygen atoms in total. The second-order valence-electron chi connectivity index (χ2n) is 2.48. The molecule has 1 unspecified atom stereocenters. The molecule has 1 saturated heterocycles. The predicted molar refractivity (Wildman–Crippen MR) is 41.8 cm³/mol. The second-order valence-corrected chi connectivity index (χ2v) is 3.04. The van der Waals surface area contributed by atoms with Gasteiger partial charge in [0, 0.05) is 6.54 Å². The lowest BCUT2D eigenvalue weighted by Crippen LogP contribution is -2.19. The van der Waals surface area contributed by atoms with E-state index in [2.05, 4.69) is 14.1 Å². The highest BCUT2D eigenvalue weighted by Crippen LogP contribution is 2.11. The minimum Gasteiger partial charge on any atom is -0.471 e. The van der Waals surface area contributed by atoms with E-state index in [9.17, 15) is 0 Å². The Bertz CT molecular complexity index is 208. The summed E-state index contributed by atoms with van der Waals surface area (Å²) in [7, 11) is 0. The van der Waals surface area contributed by atoms with Crippen molar-refractivity contribution >= 4 is 11.7 Å². The van der Waals surface area contributed by atoms with Crippen LogP contribution < -0.4 is 10.1 Å². The minimum atomic E-state index is 0.291. The molecule has 0 aromatic carbocycles. The highest BCUT2D eigenvalue weighted by atomic mass is 32.1. The van der Waals surface area contributed by atoms with Crippen molar-refractivity contribution in [2.75, 3.05) is 13.1 Å². The molecule has 1 aromatic rings. The highest BCUT2D eigenvalue weighted by molar-refractivity contribution is 6.99. The van der Waals surface area contributed by atoms with E-state index in [0.29, 0.717) is 12.0 Å². The van der Waals surface area contributed by atoms with Gasteiger partial charge in [-0.3, -0.25) is 0 Å². The molecule has 0 bridgehead atoms. The molecule has 1 N–H and O–H groups in total. The molecule has 0 saturated carbocycles. The molecule has 1 aromatic heterocycles. The summed E-state index contributed by atoms with van der Waals surface area (Å²) < 4.78 is 13.3. The summed E-state index contributed by atoms with van der Waals surface area (Å²) in [6, 6.07) is 0. The van der Waals surface area contributed by atoms with Gasteiger partial charge in [0.15, 0.2) is 0 Å². The van der Waals surface area contributed by atoms with Crippen molar-refractivity contribution in [3.63, 3.8) is 0 Å². The summed E-state index contributed by atoms with van der Waals surface area (Å²) in [5, 5.41) is 3.21. The predicted octanol–water partition coefficient (Wildman–Crippen LogP) is 0.279. The van der Waals surface area contributed by atoms with E-state index in [0.717, 1.165) is 19.5 Å². The maximum Gasteiger partial charge on any atom is 0.246 e. The molecule has 0 radical (unpaired) electrons. The van der Waals surface area contributed by atoms with Gasteiger partial charge in [0.2, 0.25) is 5.88 Å². The normalized spacial score (nSPS) is 23.8. The van der Waals surface area contributed by atoms with Gasteiger partial charge < -0.3 is 10.1 Å². The first-order chi connectivity index (χ1) is 5.45. The summed E-state index contributed by atoms with van der Waals surface area (Å²) in [6.07, 6.45) is 3.01. The molecule has 0 spiro atoms. The maximum absolute atomic E-state index is 5.49. The molecule has 60 valence electrons. The molecule has 0 amide bonds. The third-order valence-corrected chi connectivity index (χ3v) is 2.10. The lowest BCUT2D eigenvalue weighted by molar-refractivity contribution is 0.216. The van der Waals surface area contributed by atoms with Crippen molar-refractivity contribution in [3.05, 3.63) is 6.20 Å². The van der Waals surface area contributed by atoms with Gasteiger partial charge in [-0.2, -0.15) is 4.37 Å². The number of nitrogens with one attached hydrogen (secondary N) is 1. The third-order valence-electron chi connectivity index (χ3n) is 1.64. The number of hydrogen-bond acceptors (Lipinski definition) is 5. The van der Waals surface area contributed by atoms with Crippen molar-refractivity contribution < 1.29 is 4.74 Å². The van der Waals surface area contributed by atoms with Crippen LogP contribution in [0.5, 0.6) is 5.88 Å². The molecule has 2 heterocycles. The van der Waals surface area contributed by atoms with Gasteiger partial charge in [-0.25, -0.2) is 0 Å². The Labute approximate surface area is 68.9 Å². The average molecular weight is 171 g/mol. The van der Waals surface area contributed by atoms with E-state index in [1.807, 2.05) is 0 Å². The summed E-state index contributed by atoms with van der Waals surface area (Å²) in [5.41, 5.74) is 0. The van der Waals surface area contributed by atoms with Crippen LogP contribution >= 0.6 is 11.7 Å². The van der Waals surface area contributed by atoms with Crippen LogP contribution in [0.15, 0.2) is 6.20 Å². The van der Waals surface area contributed by atoms with Gasteiger partial charge in [0.05, 0.1) is 11.7 Å². The lowest BCUT2D eigenvalue weighted by Gasteiger charge is -2.07. The van der Waals surface area contributed by atoms with Crippen molar-refractivity contribution in [1.29, 1.82) is 0 Å². The van der Waals surface area contributed by atoms with E-state index in [1.54, 1.807) is 6.20 Å². The van der Waals surface area contributed by atoms with Gasteiger partial charge in [-0.15, -0.1) is 4.37 Å². The molecule has 1 aliphatic rings. The van der Waals surface area contributed by atoms with Gasteiger partial charge >= 0.3 is 0 Å². The summed E-state index contributed by atoms with van der Waals surface area (Å²) in [4.78, 5) is 0. The number of ether oxygens (including phenoxy) is 1. The summed E-state index contributed by atoms with van der Waals surface area (Å²) in [6.45, 7) is 1.97. The molecule has 11 heavy (non-hydrogen) atoms. The number of nitrogens with zero attached hydrogens (tertiary/aromatic N) is 2. The van der Waals surface area contributed by atoms with Crippen molar-refractivity contribution in [2.24, 2.45) is 0 Å². The fraction of sp³-hybridized carbons (Fsp3) is 0.667. The molecule has 5 heteroatoms. The third kappa shape index (κ3) is 1.66. The molecule has 1 aliphatic heterocycles. The van der Waals surface area contributed by atoms with Crippen LogP contribution in [0.25, 0.3) is 0 Å². The molecule has 0 aliphatic carbocycles. The zero-order valence-corrected chi connectivity index (χ0v) is 6.80. The van der Waals surface area contributed by atoms with E-state index in [4.69, 9.17) is 4.74 Å². The molecular weight excluding hydrogens is 162 g/mol. The van der Waals surface area contributed by atoms with Crippen LogP contribution in [0.2, 0.25) is 0 Å². The quantitative estimate of drug-likeness (QED) is 0.694. The lowest BCUT2D eigenvalue weighted by atomic mass is 10.3. The Kier molecular flexibility index (Phi) is 2.00. The van der Waals surface area contributed by atoms with Gasteiger partial charge in [-0.1, -0.05) is 0 Å². The first kappa shape index (κ1) is 7.00. The highest BCUT2D eigenvalue weighted by Gasteiger charge is 2.16. The summed E-state index contributed by atoms with van der Waals surface area (Å²) in [5.74, 6) is 0.656. The van der Waals surface area contributed by atoms with E-state index in [-0.39, 0.29) is 0 Å². The number of aromatic nitrogens is 2. The smallest absolute Gasteiger partial charge is 0.246 e. The fourth-order valence-electron chi connectivity index (χ4n) is 1.11. The minimum absolute atomic E-state index is 0.291. The van der Waals surface area contributed by atoms with E-state index >= 15 is 0 Å². The Morgan fingerprint density at radius 2 is 2.73 bits per heavy atom. The van der Waals surface area contributed by atoms with Crippen LogP contribution in [-0.4, -0.2) is 27.9 Å². The van der Waals surface area contributed by atoms with Crippen molar-refractivity contribution in [2.45, 2.75) is 12.5 Å². The second kappa shape index (κ2) is 3.15. The SMILES string of the molecule is c1nsnc1OC1CCNC1. The fourth-order valence-corrected chi connectivity index (χ4v) is 1.46.